The summed E-state index contributed by atoms with van der Waals surface area (Å²) in [4.78, 5) is 139. The fourth-order valence-corrected chi connectivity index (χ4v) is 12.0. The first-order valence-electron chi connectivity index (χ1n) is 46.0. The zero-order chi connectivity index (χ0) is 106. The molecule has 0 amide bonds. The van der Waals surface area contributed by atoms with Crippen molar-refractivity contribution in [1.29, 1.82) is 0 Å². The SMILES string of the molecule is C=CC(=O)OCCCCOc1ccc(C(=O)O)cc1.C=CC(=O)OCCCCOc1ccc(C(=O)Oc2ccc(OC(=O)c3ccc(C)cc3)cc2C)cc1.C=CC(=O)OCCCCOc1ccc(C(=O)Oc2ccc(OC(=O)c3ccc(OCCCCOC(=O)C=C)cc3)c(C)c2)cc1.Cc1cc(O)ccc1O.Cc1ccc(C(=O)O)cc1.Cc1ccc(C(=O)Oc2ccc(OC(=O)c3ccc(C)cc3)c(C)c2)cc1. The van der Waals surface area contributed by atoms with Gasteiger partial charge in [0.1, 0.15) is 69.0 Å². The average Bonchev–Trinajstić information content (AvgIpc) is 0.836. The van der Waals surface area contributed by atoms with Crippen molar-refractivity contribution in [3.05, 3.63) is 407 Å². The van der Waals surface area contributed by atoms with Crippen LogP contribution >= 0.6 is 0 Å². The lowest BCUT2D eigenvalue weighted by atomic mass is 10.1. The van der Waals surface area contributed by atoms with E-state index in [0.29, 0.717) is 216 Å². The van der Waals surface area contributed by atoms with Crippen LogP contribution in [0.5, 0.6) is 69.0 Å². The van der Waals surface area contributed by atoms with Gasteiger partial charge in [-0.1, -0.05) is 97.1 Å². The number of benzene rings is 12. The van der Waals surface area contributed by atoms with Crippen LogP contribution in [-0.4, -0.2) is 145 Å². The van der Waals surface area contributed by atoms with Crippen LogP contribution in [0, 0.1) is 55.4 Å². The zero-order valence-corrected chi connectivity index (χ0v) is 82.3. The second kappa shape index (κ2) is 62.3. The first kappa shape index (κ1) is 115. The molecule has 0 saturated heterocycles. The van der Waals surface area contributed by atoms with Gasteiger partial charge in [0.05, 0.1) is 97.4 Å². The fraction of sp³-hybridized carbons (Fsp3) is 0.207. The second-order valence-electron chi connectivity index (χ2n) is 32.0. The molecule has 760 valence electrons. The molecule has 146 heavy (non-hydrogen) atoms. The first-order chi connectivity index (χ1) is 70.1. The Labute approximate surface area is 846 Å². The van der Waals surface area contributed by atoms with Gasteiger partial charge in [-0.15, -0.1) is 0 Å². The number of aryl methyl sites for hydroxylation is 8. The van der Waals surface area contributed by atoms with Crippen LogP contribution in [-0.2, 0) is 38.1 Å². The minimum Gasteiger partial charge on any atom is -0.508 e. The Bertz CT molecular complexity index is 6370. The van der Waals surface area contributed by atoms with Gasteiger partial charge in [0.25, 0.3) is 0 Å². The Morgan fingerprint density at radius 1 is 0.226 bits per heavy atom. The highest BCUT2D eigenvalue weighted by molar-refractivity contribution is 5.95. The monoisotopic (exact) mass is 1990 g/mol. The number of hydrogen-bond donors (Lipinski definition) is 4. The number of phenolic OH excluding ortho intramolecular Hbond substituents is 2. The van der Waals surface area contributed by atoms with Crippen molar-refractivity contribution in [1.82, 2.24) is 0 Å². The number of hydrogen-bond acceptors (Lipinski definition) is 28. The number of carboxylic acids is 2. The van der Waals surface area contributed by atoms with Crippen LogP contribution in [0.25, 0.3) is 0 Å². The van der Waals surface area contributed by atoms with E-state index in [4.69, 9.17) is 86.7 Å². The van der Waals surface area contributed by atoms with Gasteiger partial charge < -0.3 is 86.7 Å². The van der Waals surface area contributed by atoms with E-state index in [1.165, 1.54) is 30.3 Å². The summed E-state index contributed by atoms with van der Waals surface area (Å²) in [5.41, 5.74) is 9.95. The van der Waals surface area contributed by atoms with Crippen molar-refractivity contribution in [2.75, 3.05) is 52.9 Å². The predicted molar refractivity (Wildman–Crippen MR) is 546 cm³/mol. The lowest BCUT2D eigenvalue weighted by Crippen LogP contribution is -2.11. The van der Waals surface area contributed by atoms with E-state index in [-0.39, 0.29) is 17.1 Å². The fourth-order valence-electron chi connectivity index (χ4n) is 12.0. The molecule has 0 aromatic heterocycles. The van der Waals surface area contributed by atoms with Gasteiger partial charge in [-0.2, -0.15) is 0 Å². The Hall–Kier alpha value is -18.0. The first-order valence-corrected chi connectivity index (χ1v) is 46.0. The molecule has 12 aromatic carbocycles. The van der Waals surface area contributed by atoms with Gasteiger partial charge in [0.2, 0.25) is 0 Å². The molecule has 0 atom stereocenters. The summed E-state index contributed by atoms with van der Waals surface area (Å²) in [7, 11) is 0. The average molecular weight is 1990 g/mol. The predicted octanol–water partition coefficient (Wildman–Crippen LogP) is 22.3. The van der Waals surface area contributed by atoms with E-state index in [1.54, 1.807) is 228 Å². The summed E-state index contributed by atoms with van der Waals surface area (Å²) in [6, 6.07) is 73.0. The van der Waals surface area contributed by atoms with Crippen molar-refractivity contribution >= 4 is 71.6 Å². The molecule has 12 aromatic rings. The molecule has 0 fully saturated rings. The van der Waals surface area contributed by atoms with E-state index in [2.05, 4.69) is 26.3 Å². The summed E-state index contributed by atoms with van der Waals surface area (Å²) in [6.07, 6.45) is 10.0. The summed E-state index contributed by atoms with van der Waals surface area (Å²) < 4.78 is 74.7. The number of aromatic carboxylic acids is 2. The molecule has 12 rings (SSSR count). The number of carbonyl (C=O) groups is 12. The number of phenols is 2. The van der Waals surface area contributed by atoms with Crippen LogP contribution in [0.2, 0.25) is 0 Å². The summed E-state index contributed by atoms with van der Waals surface area (Å²) >= 11 is 0. The molecule has 0 unspecified atom stereocenters. The largest absolute Gasteiger partial charge is 0.508 e. The number of unbranched alkanes of at least 4 members (excludes halogenated alkanes) is 4. The highest BCUT2D eigenvalue weighted by Gasteiger charge is 2.20. The summed E-state index contributed by atoms with van der Waals surface area (Å²) in [5, 5.41) is 35.0. The number of esters is 10. The third-order valence-electron chi connectivity index (χ3n) is 20.3. The Balaban J connectivity index is 0.000000255. The molecule has 0 aliphatic heterocycles. The van der Waals surface area contributed by atoms with E-state index in [0.717, 1.165) is 53.0 Å². The van der Waals surface area contributed by atoms with E-state index >= 15 is 0 Å². The molecule has 0 spiro atoms. The second-order valence-corrected chi connectivity index (χ2v) is 32.0. The molecule has 0 bridgehead atoms. The van der Waals surface area contributed by atoms with Gasteiger partial charge in [-0.05, 0) is 347 Å². The topological polar surface area (TPSA) is 415 Å². The third kappa shape index (κ3) is 43.0. The van der Waals surface area contributed by atoms with Crippen molar-refractivity contribution in [3.8, 4) is 69.0 Å². The van der Waals surface area contributed by atoms with Gasteiger partial charge in [-0.3, -0.25) is 0 Å². The lowest BCUT2D eigenvalue weighted by Gasteiger charge is -2.11. The zero-order valence-electron chi connectivity index (χ0n) is 82.3. The number of carbonyl (C=O) groups excluding carboxylic acids is 10. The number of ether oxygens (including phenoxy) is 14. The summed E-state index contributed by atoms with van der Waals surface area (Å²) in [6.45, 7) is 31.2. The minimum atomic E-state index is -0.962. The molecule has 0 aliphatic carbocycles. The smallest absolute Gasteiger partial charge is 0.343 e. The van der Waals surface area contributed by atoms with E-state index in [9.17, 15) is 57.5 Å². The van der Waals surface area contributed by atoms with Crippen LogP contribution in [0.3, 0.4) is 0 Å². The minimum absolute atomic E-state index is 0.185. The van der Waals surface area contributed by atoms with E-state index < -0.39 is 71.6 Å². The quantitative estimate of drug-likeness (QED) is 0.00689. The molecule has 30 nitrogen and oxygen atoms in total. The van der Waals surface area contributed by atoms with Gasteiger partial charge >= 0.3 is 71.6 Å². The molecule has 30 heteroatoms. The molecule has 4 N–H and O–H groups in total. The number of aromatic hydroxyl groups is 2. The van der Waals surface area contributed by atoms with Gasteiger partial charge in [0, 0.05) is 24.3 Å². The molecule has 0 radical (unpaired) electrons. The summed E-state index contributed by atoms with van der Waals surface area (Å²) in [5.74, 6) is -1.52. The van der Waals surface area contributed by atoms with Crippen LogP contribution in [0.15, 0.2) is 318 Å². The standard InChI is InChI=1S/C35H36O10.C29H28O7.C23H20O4.C14H16O5.C8H8O2.C7H8O2/c1-4-32(36)42-22-8-6-20-40-28-14-10-26(11-15-28)34(38)44-30-18-19-31(25(3)24-30)45-35(39)27-12-16-29(17-13-27)41-21-7-9-23-43-33(37)5-2;1-4-27(30)34-18-6-5-17-33-24-13-11-23(12-14-24)29(32)36-26-16-15-25(19-21(26)3)35-28(31)22-9-7-20(2)8-10-22;1-15-4-8-18(9-5-15)22(24)26-20-12-13-21(17(3)14-20)27-23(25)19-10-6-16(2)7-11-19;1-2-13(15)19-10-4-3-9-18-12-7-5-11(6-8-12)14(16)17;1-6-2-4-7(5-3-6)8(9)10;1-5-4-6(8)2-3-7(5)9/h4-5,10-19,24H,1-2,6-9,20-23H2,3H3;4,7-16,19H,1,5-6,17-18H2,2-3H3;4-14H,1-3H3;2,5-8H,1,3-4,9-10H2,(H,16,17);2-5H,1H3,(H,9,10);2-4,8-9H,1H3. The highest BCUT2D eigenvalue weighted by atomic mass is 16.6. The Morgan fingerprint density at radius 3 is 0.630 bits per heavy atom. The number of carboxylic acid groups (broad SMARTS) is 2. The van der Waals surface area contributed by atoms with Crippen molar-refractivity contribution in [3.63, 3.8) is 0 Å². The highest BCUT2D eigenvalue weighted by Crippen LogP contribution is 2.31. The Morgan fingerprint density at radius 2 is 0.425 bits per heavy atom. The number of rotatable bonds is 42. The molecular formula is C116H116O30. The third-order valence-corrected chi connectivity index (χ3v) is 20.3. The molecule has 0 heterocycles. The molecule has 0 saturated carbocycles. The normalized spacial score (nSPS) is 10.1. The van der Waals surface area contributed by atoms with Crippen LogP contribution in [0.4, 0.5) is 0 Å². The van der Waals surface area contributed by atoms with Crippen molar-refractivity contribution < 1.29 is 144 Å². The van der Waals surface area contributed by atoms with Crippen molar-refractivity contribution in [2.45, 2.75) is 107 Å². The van der Waals surface area contributed by atoms with Gasteiger partial charge in [-0.25, -0.2) is 57.5 Å². The maximum absolute atomic E-state index is 12.7. The van der Waals surface area contributed by atoms with Gasteiger partial charge in [0.15, 0.2) is 0 Å². The maximum Gasteiger partial charge on any atom is 0.343 e. The Kier molecular flexibility index (Phi) is 49.0. The van der Waals surface area contributed by atoms with Crippen molar-refractivity contribution in [2.24, 2.45) is 0 Å². The van der Waals surface area contributed by atoms with Crippen LogP contribution < -0.4 is 47.4 Å². The lowest BCUT2D eigenvalue weighted by molar-refractivity contribution is -0.138. The van der Waals surface area contributed by atoms with E-state index in [1.807, 2.05) is 64.1 Å². The molecular weight excluding hydrogens is 1870 g/mol. The maximum atomic E-state index is 12.7. The van der Waals surface area contributed by atoms with Crippen LogP contribution in [0.1, 0.15) is 179 Å². The molecule has 0 aliphatic rings.